The smallest absolute Gasteiger partial charge is 0.322 e. The molecule has 3 nitrogen and oxygen atoms in total. The van der Waals surface area contributed by atoms with E-state index in [1.807, 2.05) is 0 Å². The fourth-order valence-corrected chi connectivity index (χ4v) is 1.77. The lowest BCUT2D eigenvalue weighted by Crippen LogP contribution is -2.33. The van der Waals surface area contributed by atoms with E-state index in [1.54, 1.807) is 0 Å². The molecule has 1 rings (SSSR count). The molecule has 0 aromatic heterocycles. The second-order valence-electron chi connectivity index (χ2n) is 3.19. The molecule has 0 saturated heterocycles. The maximum Gasteiger partial charge on any atom is 0.322 e. The van der Waals surface area contributed by atoms with Gasteiger partial charge in [0, 0.05) is 11.4 Å². The van der Waals surface area contributed by atoms with Crippen LogP contribution in [0.1, 0.15) is 5.56 Å². The Bertz CT molecular complexity index is 412. The number of benzene rings is 1. The first-order valence-electron chi connectivity index (χ1n) is 4.42. The molecular weight excluding hydrogens is 256 g/mol. The monoisotopic (exact) mass is 265 g/mol. The Morgan fingerprint density at radius 2 is 2.19 bits per heavy atom. The Morgan fingerprint density at radius 1 is 1.56 bits per heavy atom. The number of carbonyl (C=O) groups excluding carboxylic acids is 1. The fraction of sp³-hybridized carbons (Fsp3) is 0.300. The molecule has 0 saturated carbocycles. The van der Waals surface area contributed by atoms with Gasteiger partial charge in [-0.25, -0.2) is 4.39 Å². The number of carbonyl (C=O) groups is 1. The highest BCUT2D eigenvalue weighted by Crippen LogP contribution is 2.24. The molecule has 1 unspecified atom stereocenters. The summed E-state index contributed by atoms with van der Waals surface area (Å²) in [6.07, 6.45) is -0.0151. The summed E-state index contributed by atoms with van der Waals surface area (Å²) in [5, 5.41) is 0.193. The van der Waals surface area contributed by atoms with Crippen molar-refractivity contribution in [1.29, 1.82) is 0 Å². The van der Waals surface area contributed by atoms with Crippen molar-refractivity contribution in [3.63, 3.8) is 0 Å². The van der Waals surface area contributed by atoms with E-state index in [4.69, 9.17) is 28.9 Å². The standard InChI is InChI=1S/C10H10Cl2FNO2/c1-16-10(15)8(14)3-5-2-6(11)4-7(12)9(5)13/h2,4,8H,3,14H2,1H3. The van der Waals surface area contributed by atoms with Gasteiger partial charge in [-0.3, -0.25) is 4.79 Å². The van der Waals surface area contributed by atoms with Crippen LogP contribution in [0.2, 0.25) is 10.0 Å². The quantitative estimate of drug-likeness (QED) is 0.673. The van der Waals surface area contributed by atoms with Crippen LogP contribution in [0, 0.1) is 5.82 Å². The first-order valence-corrected chi connectivity index (χ1v) is 5.18. The number of nitrogens with two attached hydrogens (primary N) is 1. The molecule has 0 heterocycles. The Kier molecular flexibility index (Phi) is 4.53. The molecule has 2 N–H and O–H groups in total. The van der Waals surface area contributed by atoms with Gasteiger partial charge in [-0.2, -0.15) is 0 Å². The minimum atomic E-state index is -0.936. The fourth-order valence-electron chi connectivity index (χ4n) is 1.23. The summed E-state index contributed by atoms with van der Waals surface area (Å²) in [6, 6.07) is 1.73. The number of hydrogen-bond donors (Lipinski definition) is 1. The second kappa shape index (κ2) is 5.48. The number of rotatable bonds is 3. The van der Waals surface area contributed by atoms with Gasteiger partial charge in [0.05, 0.1) is 12.1 Å². The highest BCUT2D eigenvalue weighted by atomic mass is 35.5. The second-order valence-corrected chi connectivity index (χ2v) is 4.04. The zero-order chi connectivity index (χ0) is 12.3. The molecule has 0 aliphatic heterocycles. The molecular formula is C10H10Cl2FNO2. The van der Waals surface area contributed by atoms with Crippen LogP contribution >= 0.6 is 23.2 Å². The Morgan fingerprint density at radius 3 is 2.75 bits per heavy atom. The molecule has 88 valence electrons. The van der Waals surface area contributed by atoms with Crippen LogP contribution in [0.4, 0.5) is 4.39 Å². The summed E-state index contributed by atoms with van der Waals surface area (Å²) in [6.45, 7) is 0. The van der Waals surface area contributed by atoms with E-state index in [9.17, 15) is 9.18 Å². The van der Waals surface area contributed by atoms with Crippen LogP contribution in [-0.4, -0.2) is 19.1 Å². The summed E-state index contributed by atoms with van der Waals surface area (Å²) in [5.41, 5.74) is 5.69. The number of halogens is 3. The van der Waals surface area contributed by atoms with Crippen molar-refractivity contribution in [2.24, 2.45) is 5.73 Å². The van der Waals surface area contributed by atoms with Crippen LogP contribution in [0.5, 0.6) is 0 Å². The van der Waals surface area contributed by atoms with Gasteiger partial charge < -0.3 is 10.5 Å². The van der Waals surface area contributed by atoms with E-state index in [-0.39, 0.29) is 17.0 Å². The average Bonchev–Trinajstić information content (AvgIpc) is 2.23. The van der Waals surface area contributed by atoms with Crippen molar-refractivity contribution in [3.8, 4) is 0 Å². The van der Waals surface area contributed by atoms with E-state index in [2.05, 4.69) is 4.74 Å². The molecule has 0 fully saturated rings. The molecule has 0 aliphatic carbocycles. The maximum atomic E-state index is 13.5. The summed E-state index contributed by atoms with van der Waals surface area (Å²) in [4.78, 5) is 11.1. The SMILES string of the molecule is COC(=O)C(N)Cc1cc(Cl)cc(Cl)c1F. The van der Waals surface area contributed by atoms with Crippen LogP contribution in [-0.2, 0) is 16.0 Å². The van der Waals surface area contributed by atoms with Gasteiger partial charge >= 0.3 is 5.97 Å². The van der Waals surface area contributed by atoms with Crippen molar-refractivity contribution >= 4 is 29.2 Å². The summed E-state index contributed by atoms with van der Waals surface area (Å²) < 4.78 is 17.9. The third-order valence-corrected chi connectivity index (χ3v) is 2.51. The topological polar surface area (TPSA) is 52.3 Å². The van der Waals surface area contributed by atoms with E-state index in [0.29, 0.717) is 5.02 Å². The molecule has 0 aliphatic rings. The van der Waals surface area contributed by atoms with Gasteiger partial charge in [0.1, 0.15) is 11.9 Å². The Labute approximate surface area is 102 Å². The Balaban J connectivity index is 2.93. The predicted octanol–water partition coefficient (Wildman–Crippen LogP) is 2.18. The van der Waals surface area contributed by atoms with Crippen LogP contribution in [0.25, 0.3) is 0 Å². The molecule has 1 aromatic rings. The first-order chi connectivity index (χ1) is 7.45. The van der Waals surface area contributed by atoms with E-state index < -0.39 is 17.8 Å². The van der Waals surface area contributed by atoms with Crippen molar-refractivity contribution in [2.75, 3.05) is 7.11 Å². The van der Waals surface area contributed by atoms with Crippen molar-refractivity contribution in [3.05, 3.63) is 33.6 Å². The third kappa shape index (κ3) is 3.07. The lowest BCUT2D eigenvalue weighted by Gasteiger charge is -2.10. The highest BCUT2D eigenvalue weighted by Gasteiger charge is 2.18. The third-order valence-electron chi connectivity index (χ3n) is 2.01. The first kappa shape index (κ1) is 13.2. The predicted molar refractivity (Wildman–Crippen MR) is 60.1 cm³/mol. The summed E-state index contributed by atoms with van der Waals surface area (Å²) in [7, 11) is 1.21. The van der Waals surface area contributed by atoms with Crippen LogP contribution in [0.15, 0.2) is 12.1 Å². The molecule has 0 spiro atoms. The Hall–Kier alpha value is -0.840. The summed E-state index contributed by atoms with van der Waals surface area (Å²) >= 11 is 11.3. The molecule has 16 heavy (non-hydrogen) atoms. The molecule has 6 heteroatoms. The lowest BCUT2D eigenvalue weighted by molar-refractivity contribution is -0.142. The van der Waals surface area contributed by atoms with Gasteiger partial charge in [0.2, 0.25) is 0 Å². The van der Waals surface area contributed by atoms with Gasteiger partial charge in [0.25, 0.3) is 0 Å². The van der Waals surface area contributed by atoms with E-state index in [0.717, 1.165) is 0 Å². The average molecular weight is 266 g/mol. The molecule has 0 amide bonds. The van der Waals surface area contributed by atoms with Crippen molar-refractivity contribution < 1.29 is 13.9 Å². The van der Waals surface area contributed by atoms with Crippen molar-refractivity contribution in [2.45, 2.75) is 12.5 Å². The maximum absolute atomic E-state index is 13.5. The zero-order valence-corrected chi connectivity index (χ0v) is 9.98. The van der Waals surface area contributed by atoms with E-state index in [1.165, 1.54) is 19.2 Å². The minimum Gasteiger partial charge on any atom is -0.468 e. The van der Waals surface area contributed by atoms with Crippen LogP contribution in [0.3, 0.4) is 0 Å². The van der Waals surface area contributed by atoms with Gasteiger partial charge in [-0.1, -0.05) is 23.2 Å². The van der Waals surface area contributed by atoms with Crippen LogP contribution < -0.4 is 5.73 Å². The molecule has 0 bridgehead atoms. The molecule has 1 atom stereocenters. The largest absolute Gasteiger partial charge is 0.468 e. The zero-order valence-electron chi connectivity index (χ0n) is 8.47. The molecule has 0 radical (unpaired) electrons. The summed E-state index contributed by atoms with van der Waals surface area (Å²) in [5.74, 6) is -1.24. The minimum absolute atomic E-state index is 0.0151. The van der Waals surface area contributed by atoms with Gasteiger partial charge in [-0.15, -0.1) is 0 Å². The highest BCUT2D eigenvalue weighted by molar-refractivity contribution is 6.34. The number of esters is 1. The number of methoxy groups -OCH3 is 1. The van der Waals surface area contributed by atoms with Gasteiger partial charge in [0.15, 0.2) is 0 Å². The van der Waals surface area contributed by atoms with Crippen molar-refractivity contribution in [1.82, 2.24) is 0 Å². The van der Waals surface area contributed by atoms with E-state index >= 15 is 0 Å². The number of hydrogen-bond acceptors (Lipinski definition) is 3. The number of ether oxygens (including phenoxy) is 1. The van der Waals surface area contributed by atoms with Gasteiger partial charge in [-0.05, 0) is 17.7 Å². The lowest BCUT2D eigenvalue weighted by atomic mass is 10.1. The molecule has 1 aromatic carbocycles. The normalized spacial score (nSPS) is 12.3.